The molecular weight excluding hydrogens is 268 g/mol. The van der Waals surface area contributed by atoms with Crippen molar-refractivity contribution in [2.45, 2.75) is 6.54 Å². The molecule has 0 spiro atoms. The van der Waals surface area contributed by atoms with Gasteiger partial charge in [-0.05, 0) is 12.1 Å². The Bertz CT molecular complexity index is 380. The molecule has 0 radical (unpaired) electrons. The van der Waals surface area contributed by atoms with E-state index in [9.17, 15) is 8.42 Å². The van der Waals surface area contributed by atoms with Crippen LogP contribution in [0.5, 0.6) is 0 Å². The van der Waals surface area contributed by atoms with E-state index < -0.39 is 10.0 Å². The molecule has 0 atom stereocenters. The van der Waals surface area contributed by atoms with Crippen molar-refractivity contribution >= 4 is 26.0 Å². The largest absolute Gasteiger partial charge is 0.260 e. The molecule has 0 saturated carbocycles. The lowest BCUT2D eigenvalue weighted by Crippen LogP contribution is -2.27. The summed E-state index contributed by atoms with van der Waals surface area (Å²) in [6.07, 6.45) is 1.64. The molecule has 1 rings (SSSR count). The van der Waals surface area contributed by atoms with Crippen molar-refractivity contribution in [3.05, 3.63) is 30.1 Å². The van der Waals surface area contributed by atoms with Crippen LogP contribution in [0.25, 0.3) is 0 Å². The molecule has 0 amide bonds. The minimum Gasteiger partial charge on any atom is -0.260 e. The maximum absolute atomic E-state index is 11.4. The van der Waals surface area contributed by atoms with E-state index in [0.717, 1.165) is 5.69 Å². The second kappa shape index (κ2) is 4.86. The zero-order chi connectivity index (χ0) is 10.6. The van der Waals surface area contributed by atoms with Crippen molar-refractivity contribution in [2.24, 2.45) is 0 Å². The summed E-state index contributed by atoms with van der Waals surface area (Å²) >= 11 is 2.93. The second-order valence-corrected chi connectivity index (χ2v) is 6.18. The van der Waals surface area contributed by atoms with Gasteiger partial charge in [-0.1, -0.05) is 22.0 Å². The Balaban J connectivity index is 2.72. The van der Waals surface area contributed by atoms with E-state index in [2.05, 4.69) is 20.9 Å². The lowest BCUT2D eigenvalue weighted by Gasteiger charge is -2.14. The van der Waals surface area contributed by atoms with Gasteiger partial charge in [0.25, 0.3) is 0 Å². The van der Waals surface area contributed by atoms with Crippen LogP contribution in [0.2, 0.25) is 0 Å². The number of sulfonamides is 1. The number of alkyl halides is 1. The molecule has 0 aliphatic heterocycles. The van der Waals surface area contributed by atoms with Crippen LogP contribution in [0.4, 0.5) is 0 Å². The van der Waals surface area contributed by atoms with Crippen LogP contribution in [0.15, 0.2) is 24.4 Å². The van der Waals surface area contributed by atoms with Crippen LogP contribution in [-0.2, 0) is 16.6 Å². The number of halogens is 1. The Morgan fingerprint density at radius 3 is 2.71 bits per heavy atom. The molecule has 6 heteroatoms. The van der Waals surface area contributed by atoms with Gasteiger partial charge in [0, 0.05) is 13.2 Å². The Morgan fingerprint density at radius 1 is 1.50 bits per heavy atom. The molecule has 0 N–H and O–H groups in total. The average Bonchev–Trinajstić information content (AvgIpc) is 2.19. The van der Waals surface area contributed by atoms with Gasteiger partial charge in [-0.2, -0.15) is 4.31 Å². The van der Waals surface area contributed by atoms with Crippen LogP contribution in [0, 0.1) is 0 Å². The van der Waals surface area contributed by atoms with Crippen LogP contribution < -0.4 is 0 Å². The van der Waals surface area contributed by atoms with Crippen LogP contribution in [-0.4, -0.2) is 29.4 Å². The Labute approximate surface area is 92.1 Å². The summed E-state index contributed by atoms with van der Waals surface area (Å²) in [5, 5.41) is 0. The minimum absolute atomic E-state index is 0.0661. The smallest absolute Gasteiger partial charge is 0.224 e. The fraction of sp³-hybridized carbons (Fsp3) is 0.375. The van der Waals surface area contributed by atoms with Crippen molar-refractivity contribution < 1.29 is 8.42 Å². The molecule has 0 aliphatic rings. The summed E-state index contributed by atoms with van der Waals surface area (Å²) in [7, 11) is -1.65. The third-order valence-electron chi connectivity index (χ3n) is 1.72. The molecule has 1 aromatic rings. The molecule has 4 nitrogen and oxygen atoms in total. The van der Waals surface area contributed by atoms with Crippen molar-refractivity contribution in [1.82, 2.24) is 9.29 Å². The monoisotopic (exact) mass is 278 g/mol. The Morgan fingerprint density at radius 2 is 2.21 bits per heavy atom. The number of nitrogens with zero attached hydrogens (tertiary/aromatic N) is 2. The SMILES string of the molecule is CN(Cc1ccccn1)S(=O)(=O)CBr. The van der Waals surface area contributed by atoms with Gasteiger partial charge in [0.1, 0.15) is 4.66 Å². The maximum Gasteiger partial charge on any atom is 0.224 e. The van der Waals surface area contributed by atoms with Gasteiger partial charge in [0.2, 0.25) is 10.0 Å². The first kappa shape index (κ1) is 11.6. The molecule has 14 heavy (non-hydrogen) atoms. The fourth-order valence-electron chi connectivity index (χ4n) is 0.901. The maximum atomic E-state index is 11.4. The normalized spacial score (nSPS) is 11.9. The molecule has 1 heterocycles. The van der Waals surface area contributed by atoms with Crippen molar-refractivity contribution in [3.63, 3.8) is 0 Å². The molecule has 0 unspecified atom stereocenters. The van der Waals surface area contributed by atoms with Gasteiger partial charge in [-0.3, -0.25) is 4.98 Å². The van der Waals surface area contributed by atoms with Gasteiger partial charge in [0.15, 0.2) is 0 Å². The molecule has 0 aliphatic carbocycles. The summed E-state index contributed by atoms with van der Waals surface area (Å²) in [5.41, 5.74) is 0.736. The molecular formula is C8H11BrN2O2S. The third-order valence-corrected chi connectivity index (χ3v) is 4.81. The molecule has 0 fully saturated rings. The number of rotatable bonds is 4. The molecule has 0 aromatic carbocycles. The van der Waals surface area contributed by atoms with E-state index >= 15 is 0 Å². The van der Waals surface area contributed by atoms with Gasteiger partial charge >= 0.3 is 0 Å². The number of hydrogen-bond acceptors (Lipinski definition) is 3. The summed E-state index contributed by atoms with van der Waals surface area (Å²) in [6, 6.07) is 5.42. The van der Waals surface area contributed by atoms with E-state index in [1.807, 2.05) is 6.07 Å². The number of aromatic nitrogens is 1. The molecule has 0 bridgehead atoms. The Hall–Kier alpha value is -0.460. The first-order valence-corrected chi connectivity index (χ1v) is 6.69. The van der Waals surface area contributed by atoms with E-state index in [4.69, 9.17) is 0 Å². The second-order valence-electron chi connectivity index (χ2n) is 2.80. The average molecular weight is 279 g/mol. The van der Waals surface area contributed by atoms with Gasteiger partial charge in [0.05, 0.1) is 12.2 Å². The summed E-state index contributed by atoms with van der Waals surface area (Å²) in [4.78, 5) is 4.05. The van der Waals surface area contributed by atoms with E-state index in [-0.39, 0.29) is 4.66 Å². The summed E-state index contributed by atoms with van der Waals surface area (Å²) < 4.78 is 23.9. The standard InChI is InChI=1S/C8H11BrN2O2S/c1-11(14(12,13)7-9)6-8-4-2-3-5-10-8/h2-5H,6-7H2,1H3. The fourth-order valence-corrected chi connectivity index (χ4v) is 2.45. The van der Waals surface area contributed by atoms with E-state index in [1.54, 1.807) is 18.3 Å². The zero-order valence-electron chi connectivity index (χ0n) is 7.72. The van der Waals surface area contributed by atoms with Crippen molar-refractivity contribution in [2.75, 3.05) is 11.7 Å². The third kappa shape index (κ3) is 3.04. The van der Waals surface area contributed by atoms with Gasteiger partial charge in [-0.15, -0.1) is 0 Å². The topological polar surface area (TPSA) is 50.3 Å². The van der Waals surface area contributed by atoms with Crippen LogP contribution in [0.1, 0.15) is 5.69 Å². The van der Waals surface area contributed by atoms with E-state index in [1.165, 1.54) is 11.4 Å². The lowest BCUT2D eigenvalue weighted by molar-refractivity contribution is 0.466. The summed E-state index contributed by atoms with van der Waals surface area (Å²) in [6.45, 7) is 0.300. The van der Waals surface area contributed by atoms with E-state index in [0.29, 0.717) is 6.54 Å². The lowest BCUT2D eigenvalue weighted by atomic mass is 10.3. The first-order chi connectivity index (χ1) is 6.56. The highest BCUT2D eigenvalue weighted by atomic mass is 79.9. The minimum atomic E-state index is -3.19. The molecule has 1 aromatic heterocycles. The van der Waals surface area contributed by atoms with Gasteiger partial charge in [-0.25, -0.2) is 8.42 Å². The highest BCUT2D eigenvalue weighted by Crippen LogP contribution is 2.06. The van der Waals surface area contributed by atoms with Crippen LogP contribution in [0.3, 0.4) is 0 Å². The zero-order valence-corrected chi connectivity index (χ0v) is 10.1. The number of pyridine rings is 1. The predicted octanol–water partition coefficient (Wildman–Crippen LogP) is 1.20. The highest BCUT2D eigenvalue weighted by molar-refractivity contribution is 9.10. The van der Waals surface area contributed by atoms with Crippen molar-refractivity contribution in [1.29, 1.82) is 0 Å². The quantitative estimate of drug-likeness (QED) is 0.778. The van der Waals surface area contributed by atoms with Crippen molar-refractivity contribution in [3.8, 4) is 0 Å². The highest BCUT2D eigenvalue weighted by Gasteiger charge is 2.16. The molecule has 0 saturated heterocycles. The van der Waals surface area contributed by atoms with Crippen LogP contribution >= 0.6 is 15.9 Å². The first-order valence-electron chi connectivity index (χ1n) is 3.96. The Kier molecular flexibility index (Phi) is 4.03. The predicted molar refractivity (Wildman–Crippen MR) is 58.4 cm³/mol. The summed E-state index contributed by atoms with van der Waals surface area (Å²) in [5.74, 6) is 0. The van der Waals surface area contributed by atoms with Gasteiger partial charge < -0.3 is 0 Å². The molecule has 78 valence electrons. The number of hydrogen-bond donors (Lipinski definition) is 0.